The molecule has 0 amide bonds. The zero-order chi connectivity index (χ0) is 18.9. The van der Waals surface area contributed by atoms with E-state index in [2.05, 4.69) is 6.92 Å². The lowest BCUT2D eigenvalue weighted by Gasteiger charge is -2.19. The molecule has 0 spiro atoms. The van der Waals surface area contributed by atoms with Crippen molar-refractivity contribution in [3.8, 4) is 17.2 Å². The molecule has 0 aliphatic carbocycles. The zero-order valence-electron chi connectivity index (χ0n) is 16.2. The van der Waals surface area contributed by atoms with E-state index in [-0.39, 0.29) is 5.92 Å². The van der Waals surface area contributed by atoms with Crippen LogP contribution in [0.25, 0.3) is 0 Å². The Bertz CT molecular complexity index is 644. The Balaban J connectivity index is 1.88. The van der Waals surface area contributed by atoms with Gasteiger partial charge >= 0.3 is 0 Å². The molecule has 0 heterocycles. The molecule has 0 aliphatic rings. The minimum Gasteiger partial charge on any atom is -0.493 e. The zero-order valence-corrected chi connectivity index (χ0v) is 16.2. The highest BCUT2D eigenvalue weighted by atomic mass is 16.5. The van der Waals surface area contributed by atoms with Gasteiger partial charge in [0.1, 0.15) is 0 Å². The van der Waals surface area contributed by atoms with Gasteiger partial charge in [0.2, 0.25) is 5.75 Å². The van der Waals surface area contributed by atoms with E-state index in [1.54, 1.807) is 21.3 Å². The highest BCUT2D eigenvalue weighted by Crippen LogP contribution is 2.38. The van der Waals surface area contributed by atoms with Gasteiger partial charge in [0.05, 0.1) is 27.4 Å². The fraction of sp³-hybridized carbons (Fsp3) is 0.455. The summed E-state index contributed by atoms with van der Waals surface area (Å²) in [6, 6.07) is 13.9. The monoisotopic (exact) mass is 358 g/mol. The third kappa shape index (κ3) is 5.15. The first-order chi connectivity index (χ1) is 12.6. The van der Waals surface area contributed by atoms with Crippen LogP contribution in [0.3, 0.4) is 0 Å². The summed E-state index contributed by atoms with van der Waals surface area (Å²) in [6.45, 7) is 2.11. The maximum Gasteiger partial charge on any atom is 0.203 e. The molecule has 0 aliphatic heterocycles. The third-order valence-corrected chi connectivity index (χ3v) is 4.78. The number of aliphatic hydroxyl groups excluding tert-OH is 1. The number of unbranched alkanes of at least 4 members (excludes halogenated alkanes) is 1. The number of hydrogen-bond donors (Lipinski definition) is 1. The van der Waals surface area contributed by atoms with Gasteiger partial charge in [0, 0.05) is 0 Å². The molecule has 0 bridgehead atoms. The van der Waals surface area contributed by atoms with E-state index in [1.807, 2.05) is 42.5 Å². The van der Waals surface area contributed by atoms with Crippen LogP contribution in [0.5, 0.6) is 17.2 Å². The summed E-state index contributed by atoms with van der Waals surface area (Å²) < 4.78 is 16.2. The average Bonchev–Trinajstić information content (AvgIpc) is 2.70. The molecule has 4 heteroatoms. The van der Waals surface area contributed by atoms with E-state index in [4.69, 9.17) is 14.2 Å². The van der Waals surface area contributed by atoms with Crippen LogP contribution in [-0.4, -0.2) is 26.4 Å². The number of ether oxygens (including phenoxy) is 3. The summed E-state index contributed by atoms with van der Waals surface area (Å²) in [5, 5.41) is 10.5. The Hall–Kier alpha value is -2.20. The van der Waals surface area contributed by atoms with Crippen molar-refractivity contribution in [3.05, 3.63) is 53.6 Å². The maximum absolute atomic E-state index is 10.5. The molecule has 2 atom stereocenters. The van der Waals surface area contributed by atoms with E-state index < -0.39 is 6.10 Å². The lowest BCUT2D eigenvalue weighted by atomic mass is 9.92. The highest BCUT2D eigenvalue weighted by molar-refractivity contribution is 5.53. The van der Waals surface area contributed by atoms with Gasteiger partial charge < -0.3 is 19.3 Å². The topological polar surface area (TPSA) is 47.9 Å². The smallest absolute Gasteiger partial charge is 0.203 e. The third-order valence-electron chi connectivity index (χ3n) is 4.78. The van der Waals surface area contributed by atoms with Gasteiger partial charge in [-0.05, 0) is 48.4 Å². The van der Waals surface area contributed by atoms with Gasteiger partial charge in [0.25, 0.3) is 0 Å². The standard InChI is InChI=1S/C22H30O4/c1-16(21(23)18-12-6-5-7-13-18)10-8-9-11-17-14-19(24-2)22(26-4)20(15-17)25-3/h5-7,12-16,21,23H,8-11H2,1-4H3/t16-,21+/m1/s1. The highest BCUT2D eigenvalue weighted by Gasteiger charge is 2.16. The van der Waals surface area contributed by atoms with Crippen LogP contribution in [0.1, 0.15) is 43.4 Å². The molecule has 1 N–H and O–H groups in total. The summed E-state index contributed by atoms with van der Waals surface area (Å²) >= 11 is 0. The van der Waals surface area contributed by atoms with Crippen LogP contribution in [-0.2, 0) is 6.42 Å². The number of aryl methyl sites for hydroxylation is 1. The van der Waals surface area contributed by atoms with Gasteiger partial charge in [-0.3, -0.25) is 0 Å². The fourth-order valence-corrected chi connectivity index (χ4v) is 3.21. The molecular weight excluding hydrogens is 328 g/mol. The maximum atomic E-state index is 10.5. The van der Waals surface area contributed by atoms with Crippen LogP contribution >= 0.6 is 0 Å². The van der Waals surface area contributed by atoms with Crippen molar-refractivity contribution in [3.63, 3.8) is 0 Å². The van der Waals surface area contributed by atoms with Gasteiger partial charge in [-0.2, -0.15) is 0 Å². The number of benzene rings is 2. The van der Waals surface area contributed by atoms with Crippen molar-refractivity contribution in [1.29, 1.82) is 0 Å². The van der Waals surface area contributed by atoms with Crippen molar-refractivity contribution in [1.82, 2.24) is 0 Å². The first-order valence-corrected chi connectivity index (χ1v) is 9.12. The number of hydrogen-bond acceptors (Lipinski definition) is 4. The lowest BCUT2D eigenvalue weighted by Crippen LogP contribution is -2.09. The molecule has 0 radical (unpaired) electrons. The SMILES string of the molecule is COc1cc(CCCC[C@@H](C)[C@H](O)c2ccccc2)cc(OC)c1OC. The van der Waals surface area contributed by atoms with Gasteiger partial charge in [-0.25, -0.2) is 0 Å². The summed E-state index contributed by atoms with van der Waals surface area (Å²) in [5.74, 6) is 2.24. The Kier molecular flexibility index (Phi) is 7.79. The minimum absolute atomic E-state index is 0.234. The lowest BCUT2D eigenvalue weighted by molar-refractivity contribution is 0.111. The van der Waals surface area contributed by atoms with Gasteiger partial charge in [-0.15, -0.1) is 0 Å². The van der Waals surface area contributed by atoms with E-state index in [0.717, 1.165) is 36.8 Å². The Labute approximate surface area is 156 Å². The predicted octanol–water partition coefficient (Wildman–Crippen LogP) is 4.79. The first kappa shape index (κ1) is 20.1. The van der Waals surface area contributed by atoms with Crippen molar-refractivity contribution >= 4 is 0 Å². The minimum atomic E-state index is -0.405. The van der Waals surface area contributed by atoms with Crippen LogP contribution in [0.4, 0.5) is 0 Å². The number of methoxy groups -OCH3 is 3. The van der Waals surface area contributed by atoms with Gasteiger partial charge in [0.15, 0.2) is 11.5 Å². The molecule has 2 aromatic rings. The van der Waals surface area contributed by atoms with Gasteiger partial charge in [-0.1, -0.05) is 43.7 Å². The van der Waals surface area contributed by atoms with E-state index in [9.17, 15) is 5.11 Å². The molecule has 4 nitrogen and oxygen atoms in total. The van der Waals surface area contributed by atoms with Crippen molar-refractivity contribution < 1.29 is 19.3 Å². The fourth-order valence-electron chi connectivity index (χ4n) is 3.21. The first-order valence-electron chi connectivity index (χ1n) is 9.12. The molecule has 2 aromatic carbocycles. The summed E-state index contributed by atoms with van der Waals surface area (Å²) in [4.78, 5) is 0. The molecule has 26 heavy (non-hydrogen) atoms. The molecule has 0 aromatic heterocycles. The average molecular weight is 358 g/mol. The van der Waals surface area contributed by atoms with Crippen molar-refractivity contribution in [2.75, 3.05) is 21.3 Å². The number of rotatable bonds is 10. The molecule has 0 saturated carbocycles. The normalized spacial score (nSPS) is 13.1. The molecule has 0 fully saturated rings. The molecular formula is C22H30O4. The second kappa shape index (κ2) is 10.1. The molecule has 2 rings (SSSR count). The van der Waals surface area contributed by atoms with E-state index >= 15 is 0 Å². The molecule has 0 saturated heterocycles. The van der Waals surface area contributed by atoms with Crippen LogP contribution in [0, 0.1) is 5.92 Å². The van der Waals surface area contributed by atoms with Crippen molar-refractivity contribution in [2.24, 2.45) is 5.92 Å². The van der Waals surface area contributed by atoms with Crippen LogP contribution in [0.15, 0.2) is 42.5 Å². The second-order valence-electron chi connectivity index (χ2n) is 6.61. The second-order valence-corrected chi connectivity index (χ2v) is 6.61. The summed E-state index contributed by atoms with van der Waals surface area (Å²) in [7, 11) is 4.88. The Morgan fingerprint density at radius 1 is 0.885 bits per heavy atom. The quantitative estimate of drug-likeness (QED) is 0.620. The van der Waals surface area contributed by atoms with Crippen LogP contribution in [0.2, 0.25) is 0 Å². The largest absolute Gasteiger partial charge is 0.493 e. The van der Waals surface area contributed by atoms with Crippen molar-refractivity contribution in [2.45, 2.75) is 38.7 Å². The molecule has 142 valence electrons. The van der Waals surface area contributed by atoms with E-state index in [0.29, 0.717) is 17.2 Å². The summed E-state index contributed by atoms with van der Waals surface area (Å²) in [5.41, 5.74) is 2.15. The van der Waals surface area contributed by atoms with Crippen LogP contribution < -0.4 is 14.2 Å². The Morgan fingerprint density at radius 2 is 1.50 bits per heavy atom. The van der Waals surface area contributed by atoms with E-state index in [1.165, 1.54) is 0 Å². The predicted molar refractivity (Wildman–Crippen MR) is 104 cm³/mol. The molecule has 0 unspecified atom stereocenters. The summed E-state index contributed by atoms with van der Waals surface area (Å²) in [6.07, 6.45) is 3.62. The number of aliphatic hydroxyl groups is 1. The Morgan fingerprint density at radius 3 is 2.04 bits per heavy atom.